The molecule has 0 spiro atoms. The fourth-order valence-electron chi connectivity index (χ4n) is 2.61. The van der Waals surface area contributed by atoms with Crippen molar-refractivity contribution in [3.63, 3.8) is 0 Å². The average molecular weight is 373 g/mol. The molecule has 0 amide bonds. The zero-order valence-corrected chi connectivity index (χ0v) is 15.5. The molecule has 0 atom stereocenters. The number of nitrogens with one attached hydrogen (secondary N) is 1. The van der Waals surface area contributed by atoms with Crippen LogP contribution in [0.4, 0.5) is 11.4 Å². The molecule has 0 unspecified atom stereocenters. The minimum atomic E-state index is -0.439. The van der Waals surface area contributed by atoms with Crippen molar-refractivity contribution in [3.05, 3.63) is 70.0 Å². The smallest absolute Gasteiger partial charge is 0.270 e. The van der Waals surface area contributed by atoms with E-state index in [1.807, 2.05) is 60.7 Å². The molecule has 1 aromatic heterocycles. The minimum absolute atomic E-state index is 0.000923. The standard InChI is InChI=1S/C20H15N5OS/c1-25(15-7-3-13(11-21)4-8-15)16-9-5-14(6-10-16)18-17(12-22)19(26)24-20(23-18)27-2/h3-10H,1-2H3,(H,23,24,26). The number of nitriles is 2. The normalized spacial score (nSPS) is 10.1. The first-order valence-corrected chi connectivity index (χ1v) is 9.22. The lowest BCUT2D eigenvalue weighted by molar-refractivity contribution is 0.937. The fourth-order valence-corrected chi connectivity index (χ4v) is 2.99. The summed E-state index contributed by atoms with van der Waals surface area (Å²) >= 11 is 1.31. The van der Waals surface area contributed by atoms with E-state index in [0.717, 1.165) is 11.4 Å². The number of benzene rings is 2. The fraction of sp³-hybridized carbons (Fsp3) is 0.100. The van der Waals surface area contributed by atoms with Gasteiger partial charge in [0.2, 0.25) is 0 Å². The van der Waals surface area contributed by atoms with Gasteiger partial charge in [0.15, 0.2) is 5.16 Å². The van der Waals surface area contributed by atoms with Gasteiger partial charge in [-0.25, -0.2) is 4.98 Å². The number of hydrogen-bond acceptors (Lipinski definition) is 6. The second kappa shape index (κ2) is 7.77. The van der Waals surface area contributed by atoms with Crippen molar-refractivity contribution in [2.45, 2.75) is 5.16 Å². The highest BCUT2D eigenvalue weighted by molar-refractivity contribution is 7.98. The van der Waals surface area contributed by atoms with Crippen LogP contribution in [0.1, 0.15) is 11.1 Å². The van der Waals surface area contributed by atoms with E-state index in [0.29, 0.717) is 22.0 Å². The molecule has 1 heterocycles. The Morgan fingerprint density at radius 1 is 1.00 bits per heavy atom. The summed E-state index contributed by atoms with van der Waals surface area (Å²) in [5, 5.41) is 18.7. The predicted molar refractivity (Wildman–Crippen MR) is 106 cm³/mol. The molecule has 0 aliphatic heterocycles. The number of hydrogen-bond donors (Lipinski definition) is 1. The lowest BCUT2D eigenvalue weighted by atomic mass is 10.1. The Morgan fingerprint density at radius 3 is 2.11 bits per heavy atom. The van der Waals surface area contributed by atoms with Gasteiger partial charge in [-0.05, 0) is 42.7 Å². The van der Waals surface area contributed by atoms with Crippen molar-refractivity contribution in [2.24, 2.45) is 0 Å². The van der Waals surface area contributed by atoms with Gasteiger partial charge in [0.05, 0.1) is 17.3 Å². The van der Waals surface area contributed by atoms with Gasteiger partial charge in [-0.1, -0.05) is 23.9 Å². The Hall–Kier alpha value is -3.55. The minimum Gasteiger partial charge on any atom is -0.345 e. The average Bonchev–Trinajstić information content (AvgIpc) is 2.72. The molecule has 2 aromatic carbocycles. The highest BCUT2D eigenvalue weighted by Gasteiger charge is 2.13. The molecule has 0 radical (unpaired) electrons. The Bertz CT molecular complexity index is 1110. The first-order valence-electron chi connectivity index (χ1n) is 8.00. The van der Waals surface area contributed by atoms with Gasteiger partial charge in [-0.15, -0.1) is 0 Å². The van der Waals surface area contributed by atoms with Gasteiger partial charge in [0, 0.05) is 24.0 Å². The summed E-state index contributed by atoms with van der Waals surface area (Å²) in [4.78, 5) is 21.0. The van der Waals surface area contributed by atoms with Gasteiger partial charge in [-0.2, -0.15) is 10.5 Å². The molecule has 0 aliphatic carbocycles. The summed E-state index contributed by atoms with van der Waals surface area (Å²) in [6.07, 6.45) is 1.81. The number of anilines is 2. The topological polar surface area (TPSA) is 96.6 Å². The molecule has 0 bridgehead atoms. The third-order valence-corrected chi connectivity index (χ3v) is 4.69. The molecule has 1 N–H and O–H groups in total. The number of rotatable bonds is 4. The van der Waals surface area contributed by atoms with Crippen LogP contribution in [-0.2, 0) is 0 Å². The third kappa shape index (κ3) is 3.69. The number of H-pyrrole nitrogens is 1. The number of thioether (sulfide) groups is 1. The molecule has 7 heteroatoms. The SMILES string of the molecule is CSc1nc(-c2ccc(N(C)c3ccc(C#N)cc3)cc2)c(C#N)c(=O)[nH]1. The number of aromatic amines is 1. The quantitative estimate of drug-likeness (QED) is 0.554. The summed E-state index contributed by atoms with van der Waals surface area (Å²) in [6, 6.07) is 18.8. The van der Waals surface area contributed by atoms with Crippen molar-refractivity contribution < 1.29 is 0 Å². The molecule has 132 valence electrons. The summed E-state index contributed by atoms with van der Waals surface area (Å²) in [5.74, 6) is 0. The lowest BCUT2D eigenvalue weighted by Gasteiger charge is -2.20. The first-order chi connectivity index (χ1) is 13.1. The maximum Gasteiger partial charge on any atom is 0.270 e. The Morgan fingerprint density at radius 2 is 1.59 bits per heavy atom. The monoisotopic (exact) mass is 373 g/mol. The summed E-state index contributed by atoms with van der Waals surface area (Å²) < 4.78 is 0. The van der Waals surface area contributed by atoms with Gasteiger partial charge in [0.25, 0.3) is 5.56 Å². The largest absolute Gasteiger partial charge is 0.345 e. The molecule has 3 aromatic rings. The molecular weight excluding hydrogens is 358 g/mol. The second-order valence-corrected chi connectivity index (χ2v) is 6.47. The van der Waals surface area contributed by atoms with Crippen molar-refractivity contribution >= 4 is 23.1 Å². The molecular formula is C20H15N5OS. The van der Waals surface area contributed by atoms with Gasteiger partial charge in [0.1, 0.15) is 11.6 Å². The van der Waals surface area contributed by atoms with Crippen LogP contribution in [0.25, 0.3) is 11.3 Å². The third-order valence-electron chi connectivity index (χ3n) is 4.11. The highest BCUT2D eigenvalue weighted by Crippen LogP contribution is 2.27. The van der Waals surface area contributed by atoms with Gasteiger partial charge >= 0.3 is 0 Å². The van der Waals surface area contributed by atoms with Crippen molar-refractivity contribution in [2.75, 3.05) is 18.2 Å². The maximum atomic E-state index is 12.1. The van der Waals surface area contributed by atoms with E-state index in [9.17, 15) is 10.1 Å². The van der Waals surface area contributed by atoms with E-state index in [4.69, 9.17) is 5.26 Å². The Labute approximate surface area is 160 Å². The summed E-state index contributed by atoms with van der Waals surface area (Å²) in [6.45, 7) is 0. The molecule has 0 aliphatic rings. The van der Waals surface area contributed by atoms with Crippen LogP contribution in [0.2, 0.25) is 0 Å². The molecule has 6 nitrogen and oxygen atoms in total. The van der Waals surface area contributed by atoms with Gasteiger partial charge in [-0.3, -0.25) is 4.79 Å². The Balaban J connectivity index is 1.96. The number of nitrogens with zero attached hydrogens (tertiary/aromatic N) is 4. The van der Waals surface area contributed by atoms with Crippen LogP contribution in [0.3, 0.4) is 0 Å². The van der Waals surface area contributed by atoms with E-state index in [-0.39, 0.29) is 5.56 Å². The van der Waals surface area contributed by atoms with Gasteiger partial charge < -0.3 is 9.88 Å². The van der Waals surface area contributed by atoms with Crippen LogP contribution in [0.5, 0.6) is 0 Å². The molecule has 0 saturated carbocycles. The zero-order valence-electron chi connectivity index (χ0n) is 14.7. The van der Waals surface area contributed by atoms with Crippen LogP contribution in [0, 0.1) is 22.7 Å². The maximum absolute atomic E-state index is 12.1. The van der Waals surface area contributed by atoms with Crippen LogP contribution in [-0.4, -0.2) is 23.3 Å². The van der Waals surface area contributed by atoms with Crippen LogP contribution in [0.15, 0.2) is 58.5 Å². The first kappa shape index (κ1) is 18.2. The lowest BCUT2D eigenvalue weighted by Crippen LogP contribution is -2.14. The predicted octanol–water partition coefficient (Wildman–Crippen LogP) is 3.67. The number of aromatic nitrogens is 2. The van der Waals surface area contributed by atoms with E-state index in [1.165, 1.54) is 11.8 Å². The van der Waals surface area contributed by atoms with Crippen molar-refractivity contribution in [1.82, 2.24) is 9.97 Å². The van der Waals surface area contributed by atoms with Crippen LogP contribution >= 0.6 is 11.8 Å². The molecule has 3 rings (SSSR count). The molecule has 0 fully saturated rings. The van der Waals surface area contributed by atoms with Crippen LogP contribution < -0.4 is 10.5 Å². The Kier molecular flexibility index (Phi) is 5.25. The summed E-state index contributed by atoms with van der Waals surface area (Å²) in [7, 11) is 1.92. The van der Waals surface area contributed by atoms with Crippen molar-refractivity contribution in [1.29, 1.82) is 10.5 Å². The zero-order chi connectivity index (χ0) is 19.4. The van der Waals surface area contributed by atoms with E-state index < -0.39 is 5.56 Å². The molecule has 0 saturated heterocycles. The van der Waals surface area contributed by atoms with E-state index in [1.54, 1.807) is 12.1 Å². The van der Waals surface area contributed by atoms with Crippen molar-refractivity contribution in [3.8, 4) is 23.4 Å². The highest BCUT2D eigenvalue weighted by atomic mass is 32.2. The molecule has 27 heavy (non-hydrogen) atoms. The van der Waals surface area contributed by atoms with E-state index >= 15 is 0 Å². The van der Waals surface area contributed by atoms with E-state index in [2.05, 4.69) is 16.0 Å². The summed E-state index contributed by atoms with van der Waals surface area (Å²) in [5.41, 5.74) is 3.11. The second-order valence-electron chi connectivity index (χ2n) is 5.68.